The molecule has 0 saturated carbocycles. The maximum atomic E-state index is 12.5. The summed E-state index contributed by atoms with van der Waals surface area (Å²) in [4.78, 5) is 22.1. The molecule has 0 radical (unpaired) electrons. The predicted octanol–water partition coefficient (Wildman–Crippen LogP) is 8.30. The molecule has 0 bridgehead atoms. The van der Waals surface area contributed by atoms with E-state index in [-0.39, 0.29) is 17.4 Å². The maximum Gasteiger partial charge on any atom is 0.296 e. The van der Waals surface area contributed by atoms with Crippen molar-refractivity contribution < 1.29 is 17.4 Å². The molecule has 8 nitrogen and oxygen atoms in total. The number of anilines is 1. The van der Waals surface area contributed by atoms with Crippen LogP contribution in [0.25, 0.3) is 0 Å². The Balaban J connectivity index is 1.05. The Morgan fingerprint density at radius 3 is 1.74 bits per heavy atom. The third kappa shape index (κ3) is 15.5. The molecule has 9 heteroatoms. The number of nitrogens with one attached hydrogen (secondary N) is 1. The average Bonchev–Trinajstić information content (AvgIpc) is 3.07. The van der Waals surface area contributed by atoms with E-state index in [1.54, 1.807) is 30.5 Å². The SMILES string of the molecule is Cc1ccc(S(=O)(=O)OCCCCCCCCCCCCCCCCCCNC(=O)c2ccc(N3CCN(C(C)C)CC3)nc2)cc1. The lowest BCUT2D eigenvalue weighted by atomic mass is 10.0. The number of carbonyl (C=O) groups is 1. The van der Waals surface area contributed by atoms with Gasteiger partial charge in [0, 0.05) is 45.0 Å². The predicted molar refractivity (Wildman–Crippen MR) is 194 cm³/mol. The second-order valence-electron chi connectivity index (χ2n) is 13.5. The zero-order chi connectivity index (χ0) is 33.7. The highest BCUT2D eigenvalue weighted by molar-refractivity contribution is 7.86. The van der Waals surface area contributed by atoms with Crippen LogP contribution in [0.5, 0.6) is 0 Å². The summed E-state index contributed by atoms with van der Waals surface area (Å²) in [6, 6.07) is 11.3. The standard InChI is InChI=1S/C38H62N4O4S/c1-33(2)41-27-29-42(30-28-41)37-25-22-35(32-40-37)38(43)39-26-18-16-14-12-10-8-6-4-5-7-9-11-13-15-17-19-31-46-47(44,45)36-23-20-34(3)21-24-36/h20-25,32-33H,4-19,26-31H2,1-3H3,(H,39,43). The Hall–Kier alpha value is -2.49. The van der Waals surface area contributed by atoms with Crippen LogP contribution in [0.15, 0.2) is 47.5 Å². The molecule has 1 saturated heterocycles. The number of aryl methyl sites for hydroxylation is 1. The molecule has 0 aliphatic carbocycles. The van der Waals surface area contributed by atoms with E-state index in [1.807, 2.05) is 19.1 Å². The Labute approximate surface area is 286 Å². The maximum absolute atomic E-state index is 12.5. The van der Waals surface area contributed by atoms with E-state index in [0.29, 0.717) is 11.6 Å². The normalized spacial score (nSPS) is 14.2. The molecule has 2 aromatic rings. The van der Waals surface area contributed by atoms with E-state index < -0.39 is 10.1 Å². The van der Waals surface area contributed by atoms with Gasteiger partial charge in [0.15, 0.2) is 0 Å². The summed E-state index contributed by atoms with van der Waals surface area (Å²) in [7, 11) is -3.63. The summed E-state index contributed by atoms with van der Waals surface area (Å²) in [5, 5.41) is 3.06. The molecular formula is C38H62N4O4S. The van der Waals surface area contributed by atoms with Crippen LogP contribution < -0.4 is 10.2 Å². The number of pyridine rings is 1. The van der Waals surface area contributed by atoms with E-state index in [4.69, 9.17) is 4.18 Å². The van der Waals surface area contributed by atoms with Crippen LogP contribution in [0.3, 0.4) is 0 Å². The number of benzene rings is 1. The molecule has 0 spiro atoms. The summed E-state index contributed by atoms with van der Waals surface area (Å²) in [6.07, 6.45) is 21.1. The second-order valence-corrected chi connectivity index (χ2v) is 15.1. The third-order valence-electron chi connectivity index (χ3n) is 9.28. The van der Waals surface area contributed by atoms with Crippen molar-refractivity contribution in [3.63, 3.8) is 0 Å². The quantitative estimate of drug-likeness (QED) is 0.0888. The number of hydrogen-bond donors (Lipinski definition) is 1. The molecule has 3 rings (SSSR count). The highest BCUT2D eigenvalue weighted by Gasteiger charge is 2.20. The Bertz CT molecular complexity index is 1230. The van der Waals surface area contributed by atoms with Crippen LogP contribution in [0.2, 0.25) is 0 Å². The van der Waals surface area contributed by atoms with Crippen molar-refractivity contribution >= 4 is 21.8 Å². The van der Waals surface area contributed by atoms with E-state index in [1.165, 1.54) is 77.0 Å². The molecule has 47 heavy (non-hydrogen) atoms. The van der Waals surface area contributed by atoms with Gasteiger partial charge in [0.2, 0.25) is 0 Å². The van der Waals surface area contributed by atoms with Gasteiger partial charge in [-0.2, -0.15) is 8.42 Å². The smallest absolute Gasteiger partial charge is 0.296 e. The lowest BCUT2D eigenvalue weighted by Gasteiger charge is -2.37. The molecule has 2 heterocycles. The average molecular weight is 671 g/mol. The third-order valence-corrected chi connectivity index (χ3v) is 10.6. The fourth-order valence-corrected chi connectivity index (χ4v) is 7.07. The first kappa shape index (κ1) is 39.0. The first-order valence-corrected chi connectivity index (χ1v) is 19.9. The fraction of sp³-hybridized carbons (Fsp3) is 0.684. The first-order chi connectivity index (χ1) is 22.8. The number of nitrogens with zero attached hydrogens (tertiary/aromatic N) is 3. The van der Waals surface area contributed by atoms with Crippen molar-refractivity contribution in [1.29, 1.82) is 0 Å². The minimum absolute atomic E-state index is 0.0245. The van der Waals surface area contributed by atoms with Crippen molar-refractivity contribution in [2.24, 2.45) is 0 Å². The highest BCUT2D eigenvalue weighted by Crippen LogP contribution is 2.17. The largest absolute Gasteiger partial charge is 0.354 e. The van der Waals surface area contributed by atoms with Gasteiger partial charge in [-0.05, 0) is 57.9 Å². The summed E-state index contributed by atoms with van der Waals surface area (Å²) in [5.74, 6) is 0.937. The topological polar surface area (TPSA) is 91.8 Å². The van der Waals surface area contributed by atoms with Crippen LogP contribution >= 0.6 is 0 Å². The van der Waals surface area contributed by atoms with Gasteiger partial charge in [0.1, 0.15) is 5.82 Å². The van der Waals surface area contributed by atoms with Crippen molar-refractivity contribution in [2.45, 2.75) is 134 Å². The Kier molecular flexibility index (Phi) is 18.4. The number of aromatic nitrogens is 1. The van der Waals surface area contributed by atoms with Crippen molar-refractivity contribution in [3.05, 3.63) is 53.7 Å². The molecule has 1 aromatic heterocycles. The molecule has 1 aliphatic rings. The lowest BCUT2D eigenvalue weighted by Crippen LogP contribution is -2.49. The molecule has 1 aromatic carbocycles. The number of carbonyl (C=O) groups excluding carboxylic acids is 1. The summed E-state index contributed by atoms with van der Waals surface area (Å²) >= 11 is 0. The van der Waals surface area contributed by atoms with Gasteiger partial charge in [-0.3, -0.25) is 13.9 Å². The van der Waals surface area contributed by atoms with Crippen LogP contribution in [0.4, 0.5) is 5.82 Å². The van der Waals surface area contributed by atoms with Crippen LogP contribution in [-0.2, 0) is 14.3 Å². The van der Waals surface area contributed by atoms with Crippen molar-refractivity contribution in [1.82, 2.24) is 15.2 Å². The van der Waals surface area contributed by atoms with E-state index in [0.717, 1.165) is 69.8 Å². The molecule has 1 aliphatic heterocycles. The Morgan fingerprint density at radius 2 is 1.26 bits per heavy atom. The molecule has 1 N–H and O–H groups in total. The molecular weight excluding hydrogens is 609 g/mol. The molecule has 0 atom stereocenters. The van der Waals surface area contributed by atoms with Crippen LogP contribution in [-0.4, -0.2) is 69.6 Å². The number of amides is 1. The summed E-state index contributed by atoms with van der Waals surface area (Å²) < 4.78 is 29.6. The zero-order valence-corrected chi connectivity index (χ0v) is 30.4. The summed E-state index contributed by atoms with van der Waals surface area (Å²) in [6.45, 7) is 11.5. The number of unbranched alkanes of at least 4 members (excludes halogenated alkanes) is 15. The molecule has 264 valence electrons. The van der Waals surface area contributed by atoms with E-state index in [9.17, 15) is 13.2 Å². The first-order valence-electron chi connectivity index (χ1n) is 18.5. The van der Waals surface area contributed by atoms with Gasteiger partial charge >= 0.3 is 0 Å². The van der Waals surface area contributed by atoms with Crippen LogP contribution in [0, 0.1) is 6.92 Å². The molecule has 0 unspecified atom stereocenters. The van der Waals surface area contributed by atoms with Gasteiger partial charge in [-0.25, -0.2) is 4.98 Å². The van der Waals surface area contributed by atoms with E-state index >= 15 is 0 Å². The monoisotopic (exact) mass is 670 g/mol. The molecule has 1 amide bonds. The second kappa shape index (κ2) is 22.2. The molecule has 1 fully saturated rings. The van der Waals surface area contributed by atoms with E-state index in [2.05, 4.69) is 33.9 Å². The number of rotatable bonds is 24. The van der Waals surface area contributed by atoms with Crippen molar-refractivity contribution in [3.8, 4) is 0 Å². The fourth-order valence-electron chi connectivity index (χ4n) is 6.12. The highest BCUT2D eigenvalue weighted by atomic mass is 32.2. The minimum Gasteiger partial charge on any atom is -0.354 e. The number of piperazine rings is 1. The Morgan fingerprint density at radius 1 is 0.745 bits per heavy atom. The van der Waals surface area contributed by atoms with Gasteiger partial charge in [0.05, 0.1) is 17.1 Å². The minimum atomic E-state index is -3.63. The summed E-state index contributed by atoms with van der Waals surface area (Å²) in [5.41, 5.74) is 1.67. The van der Waals surface area contributed by atoms with Gasteiger partial charge in [-0.1, -0.05) is 108 Å². The van der Waals surface area contributed by atoms with Gasteiger partial charge < -0.3 is 10.2 Å². The van der Waals surface area contributed by atoms with Gasteiger partial charge in [-0.15, -0.1) is 0 Å². The van der Waals surface area contributed by atoms with Gasteiger partial charge in [0.25, 0.3) is 16.0 Å². The number of hydrogen-bond acceptors (Lipinski definition) is 7. The lowest BCUT2D eigenvalue weighted by molar-refractivity contribution is 0.0952. The zero-order valence-electron chi connectivity index (χ0n) is 29.6. The van der Waals surface area contributed by atoms with Crippen molar-refractivity contribution in [2.75, 3.05) is 44.2 Å². The van der Waals surface area contributed by atoms with Crippen LogP contribution in [0.1, 0.15) is 133 Å².